The number of aryl methyl sites for hydroxylation is 1. The third-order valence-electron chi connectivity index (χ3n) is 6.94. The molecular formula is C33H33ClFN3O4S. The lowest BCUT2D eigenvalue weighted by molar-refractivity contribution is -0.140. The van der Waals surface area contributed by atoms with E-state index < -0.39 is 40.2 Å². The maximum Gasteiger partial charge on any atom is 0.264 e. The van der Waals surface area contributed by atoms with Crippen LogP contribution in [0.15, 0.2) is 108 Å². The van der Waals surface area contributed by atoms with Crippen molar-refractivity contribution >= 4 is 39.1 Å². The van der Waals surface area contributed by atoms with E-state index in [-0.39, 0.29) is 23.5 Å². The van der Waals surface area contributed by atoms with Gasteiger partial charge in [-0.3, -0.25) is 13.9 Å². The van der Waals surface area contributed by atoms with Crippen LogP contribution in [-0.4, -0.2) is 44.3 Å². The van der Waals surface area contributed by atoms with E-state index in [2.05, 4.69) is 5.32 Å². The minimum absolute atomic E-state index is 0.00542. The molecule has 224 valence electrons. The second-order valence-corrected chi connectivity index (χ2v) is 12.3. The van der Waals surface area contributed by atoms with Crippen molar-refractivity contribution in [2.24, 2.45) is 0 Å². The fraction of sp³-hybridized carbons (Fsp3) is 0.212. The lowest BCUT2D eigenvalue weighted by atomic mass is 10.0. The Hall–Kier alpha value is -4.21. The zero-order valence-electron chi connectivity index (χ0n) is 23.9. The quantitative estimate of drug-likeness (QED) is 0.218. The number of hydrogen-bond acceptors (Lipinski definition) is 4. The molecule has 0 fully saturated rings. The van der Waals surface area contributed by atoms with Crippen LogP contribution < -0.4 is 9.62 Å². The molecule has 0 saturated carbocycles. The molecule has 4 aromatic carbocycles. The number of halogens is 2. The SMILES string of the molecule is CCNC(=O)[C@@H](Cc1ccccc1)N(Cc1ccc(F)cc1)C(=O)CN(c1ccc(C)c(Cl)c1)S(=O)(=O)c1ccccc1. The average molecular weight is 622 g/mol. The van der Waals surface area contributed by atoms with Crippen molar-refractivity contribution in [3.63, 3.8) is 0 Å². The van der Waals surface area contributed by atoms with Crippen molar-refractivity contribution in [2.75, 3.05) is 17.4 Å². The van der Waals surface area contributed by atoms with E-state index in [9.17, 15) is 22.4 Å². The van der Waals surface area contributed by atoms with E-state index in [1.54, 1.807) is 44.2 Å². The third kappa shape index (κ3) is 8.00. The highest BCUT2D eigenvalue weighted by Gasteiger charge is 2.34. The summed E-state index contributed by atoms with van der Waals surface area (Å²) in [7, 11) is -4.23. The number of carbonyl (C=O) groups is 2. The molecule has 0 unspecified atom stereocenters. The van der Waals surface area contributed by atoms with Gasteiger partial charge in [0, 0.05) is 24.5 Å². The van der Waals surface area contributed by atoms with Crippen LogP contribution in [0.5, 0.6) is 0 Å². The van der Waals surface area contributed by atoms with Crippen LogP contribution in [0, 0.1) is 12.7 Å². The minimum atomic E-state index is -4.23. The van der Waals surface area contributed by atoms with Crippen molar-refractivity contribution in [2.45, 2.75) is 37.8 Å². The van der Waals surface area contributed by atoms with Crippen LogP contribution in [0.3, 0.4) is 0 Å². The molecule has 0 aliphatic heterocycles. The van der Waals surface area contributed by atoms with E-state index in [1.165, 1.54) is 47.4 Å². The van der Waals surface area contributed by atoms with Crippen LogP contribution in [0.2, 0.25) is 5.02 Å². The second kappa shape index (κ2) is 14.3. The van der Waals surface area contributed by atoms with Gasteiger partial charge in [0.1, 0.15) is 18.4 Å². The molecule has 0 radical (unpaired) electrons. The first-order valence-corrected chi connectivity index (χ1v) is 15.6. The van der Waals surface area contributed by atoms with Crippen molar-refractivity contribution in [3.05, 3.63) is 131 Å². The lowest BCUT2D eigenvalue weighted by Gasteiger charge is -2.34. The molecule has 0 bridgehead atoms. The van der Waals surface area contributed by atoms with Crippen LogP contribution in [0.4, 0.5) is 10.1 Å². The molecule has 1 atom stereocenters. The zero-order valence-corrected chi connectivity index (χ0v) is 25.5. The number of carbonyl (C=O) groups excluding carboxylic acids is 2. The van der Waals surface area contributed by atoms with Gasteiger partial charge in [-0.2, -0.15) is 0 Å². The predicted molar refractivity (Wildman–Crippen MR) is 167 cm³/mol. The van der Waals surface area contributed by atoms with Gasteiger partial charge < -0.3 is 10.2 Å². The highest BCUT2D eigenvalue weighted by atomic mass is 35.5. The van der Waals surface area contributed by atoms with Crippen LogP contribution >= 0.6 is 11.6 Å². The highest BCUT2D eigenvalue weighted by Crippen LogP contribution is 2.29. The Kier molecular flexibility index (Phi) is 10.6. The number of sulfonamides is 1. The Labute approximate surface area is 257 Å². The summed E-state index contributed by atoms with van der Waals surface area (Å²) in [6.07, 6.45) is 0.182. The van der Waals surface area contributed by atoms with E-state index >= 15 is 0 Å². The lowest BCUT2D eigenvalue weighted by Crippen LogP contribution is -2.53. The van der Waals surface area contributed by atoms with Crippen molar-refractivity contribution in [1.82, 2.24) is 10.2 Å². The number of likely N-dealkylation sites (N-methyl/N-ethyl adjacent to an activating group) is 1. The monoisotopic (exact) mass is 621 g/mol. The summed E-state index contributed by atoms with van der Waals surface area (Å²) in [5.41, 5.74) is 2.33. The molecule has 7 nitrogen and oxygen atoms in total. The number of nitrogens with one attached hydrogen (secondary N) is 1. The minimum Gasteiger partial charge on any atom is -0.355 e. The topological polar surface area (TPSA) is 86.8 Å². The van der Waals surface area contributed by atoms with Gasteiger partial charge in [-0.05, 0) is 66.9 Å². The molecule has 0 aliphatic carbocycles. The molecule has 4 rings (SSSR count). The van der Waals surface area contributed by atoms with Gasteiger partial charge in [0.25, 0.3) is 10.0 Å². The summed E-state index contributed by atoms with van der Waals surface area (Å²) in [4.78, 5) is 29.1. The normalized spacial score (nSPS) is 11.9. The maximum absolute atomic E-state index is 14.3. The Morgan fingerprint density at radius 2 is 1.51 bits per heavy atom. The molecule has 43 heavy (non-hydrogen) atoms. The first-order valence-electron chi connectivity index (χ1n) is 13.8. The number of benzene rings is 4. The first-order chi connectivity index (χ1) is 20.6. The summed E-state index contributed by atoms with van der Waals surface area (Å²) in [5.74, 6) is -1.45. The molecule has 0 spiro atoms. The summed E-state index contributed by atoms with van der Waals surface area (Å²) in [6.45, 7) is 3.24. The summed E-state index contributed by atoms with van der Waals surface area (Å²) in [6, 6.07) is 26.4. The van der Waals surface area contributed by atoms with Crippen molar-refractivity contribution < 1.29 is 22.4 Å². The number of hydrogen-bond donors (Lipinski definition) is 1. The number of amides is 2. The fourth-order valence-electron chi connectivity index (χ4n) is 4.62. The number of nitrogens with zero attached hydrogens (tertiary/aromatic N) is 2. The van der Waals surface area contributed by atoms with Crippen molar-refractivity contribution in [3.8, 4) is 0 Å². The smallest absolute Gasteiger partial charge is 0.264 e. The molecular weight excluding hydrogens is 589 g/mol. The number of anilines is 1. The Morgan fingerprint density at radius 1 is 0.884 bits per heavy atom. The fourth-order valence-corrected chi connectivity index (χ4v) is 6.22. The molecule has 0 aromatic heterocycles. The predicted octanol–water partition coefficient (Wildman–Crippen LogP) is 5.76. The van der Waals surface area contributed by atoms with Gasteiger partial charge >= 0.3 is 0 Å². The third-order valence-corrected chi connectivity index (χ3v) is 9.14. The van der Waals surface area contributed by atoms with E-state index in [4.69, 9.17) is 11.6 Å². The van der Waals surface area contributed by atoms with Gasteiger partial charge in [-0.25, -0.2) is 12.8 Å². The maximum atomic E-state index is 14.3. The summed E-state index contributed by atoms with van der Waals surface area (Å²) in [5, 5.41) is 3.15. The molecule has 2 amide bonds. The standard InChI is InChI=1S/C33H33ClFN3O4S/c1-3-36-33(40)31(20-25-10-6-4-7-11-25)37(22-26-15-17-27(35)18-16-26)32(39)23-38(28-19-14-24(2)30(34)21-28)43(41,42)29-12-8-5-9-13-29/h4-19,21,31H,3,20,22-23H2,1-2H3,(H,36,40)/t31-/m1/s1. The van der Waals surface area contributed by atoms with Gasteiger partial charge in [0.2, 0.25) is 11.8 Å². The molecule has 4 aromatic rings. The summed E-state index contributed by atoms with van der Waals surface area (Å²) < 4.78 is 42.7. The molecule has 10 heteroatoms. The van der Waals surface area contributed by atoms with E-state index in [0.29, 0.717) is 17.1 Å². The first kappa shape index (κ1) is 31.7. The highest BCUT2D eigenvalue weighted by molar-refractivity contribution is 7.92. The number of rotatable bonds is 12. The zero-order chi connectivity index (χ0) is 31.0. The Balaban J connectivity index is 1.80. The van der Waals surface area contributed by atoms with Gasteiger partial charge in [0.05, 0.1) is 10.6 Å². The Morgan fingerprint density at radius 3 is 2.12 bits per heavy atom. The van der Waals surface area contributed by atoms with Gasteiger partial charge in [-0.1, -0.05) is 78.3 Å². The van der Waals surface area contributed by atoms with Crippen LogP contribution in [-0.2, 0) is 32.6 Å². The van der Waals surface area contributed by atoms with Gasteiger partial charge in [-0.15, -0.1) is 0 Å². The van der Waals surface area contributed by atoms with Crippen LogP contribution in [0.25, 0.3) is 0 Å². The largest absolute Gasteiger partial charge is 0.355 e. The molecule has 0 aliphatic rings. The van der Waals surface area contributed by atoms with E-state index in [0.717, 1.165) is 15.4 Å². The Bertz CT molecular complexity index is 1650. The van der Waals surface area contributed by atoms with Crippen molar-refractivity contribution in [1.29, 1.82) is 0 Å². The van der Waals surface area contributed by atoms with Crippen LogP contribution in [0.1, 0.15) is 23.6 Å². The second-order valence-electron chi connectivity index (χ2n) is 10.0. The average Bonchev–Trinajstić information content (AvgIpc) is 3.01. The van der Waals surface area contributed by atoms with E-state index in [1.807, 2.05) is 30.3 Å². The molecule has 0 heterocycles. The molecule has 1 N–H and O–H groups in total. The van der Waals surface area contributed by atoms with Gasteiger partial charge in [0.15, 0.2) is 0 Å². The summed E-state index contributed by atoms with van der Waals surface area (Å²) >= 11 is 6.39. The molecule has 0 saturated heterocycles.